The lowest BCUT2D eigenvalue weighted by molar-refractivity contribution is 0.171. The molecule has 1 aliphatic rings. The molecule has 0 unspecified atom stereocenters. The van der Waals surface area contributed by atoms with Gasteiger partial charge in [0.15, 0.2) is 11.5 Å². The standard InChI is InChI=1S/C10H11FO2/c11-4-3-8-1-2-9-10(7-8)13-6-5-12-9/h1-2,7H,3-6H2. The molecule has 2 rings (SSSR count). The van der Waals surface area contributed by atoms with Crippen molar-refractivity contribution in [3.8, 4) is 11.5 Å². The number of rotatable bonds is 2. The molecule has 0 spiro atoms. The van der Waals surface area contributed by atoms with Crippen molar-refractivity contribution in [2.75, 3.05) is 19.9 Å². The second-order valence-electron chi connectivity index (χ2n) is 2.92. The highest BCUT2D eigenvalue weighted by atomic mass is 19.1. The van der Waals surface area contributed by atoms with Gasteiger partial charge >= 0.3 is 0 Å². The van der Waals surface area contributed by atoms with Crippen LogP contribution in [0.3, 0.4) is 0 Å². The maximum atomic E-state index is 12.0. The van der Waals surface area contributed by atoms with Crippen LogP contribution in [0, 0.1) is 0 Å². The van der Waals surface area contributed by atoms with Gasteiger partial charge in [-0.25, -0.2) is 0 Å². The number of hydrogen-bond acceptors (Lipinski definition) is 2. The van der Waals surface area contributed by atoms with Gasteiger partial charge in [0.2, 0.25) is 0 Å². The zero-order valence-electron chi connectivity index (χ0n) is 7.25. The van der Waals surface area contributed by atoms with E-state index in [1.807, 2.05) is 18.2 Å². The number of aryl methyl sites for hydroxylation is 1. The van der Waals surface area contributed by atoms with Crippen molar-refractivity contribution in [2.45, 2.75) is 6.42 Å². The Bertz CT molecular complexity index is 299. The number of halogens is 1. The third kappa shape index (κ3) is 1.74. The van der Waals surface area contributed by atoms with Gasteiger partial charge in [0, 0.05) is 6.42 Å². The van der Waals surface area contributed by atoms with Gasteiger partial charge in [-0.15, -0.1) is 0 Å². The molecular formula is C10H11FO2. The topological polar surface area (TPSA) is 18.5 Å². The Balaban J connectivity index is 2.24. The second kappa shape index (κ2) is 3.64. The zero-order chi connectivity index (χ0) is 9.10. The van der Waals surface area contributed by atoms with Crippen LogP contribution in [0.15, 0.2) is 18.2 Å². The summed E-state index contributed by atoms with van der Waals surface area (Å²) in [6, 6.07) is 5.54. The van der Waals surface area contributed by atoms with Crippen LogP contribution in [0.4, 0.5) is 4.39 Å². The molecule has 0 saturated heterocycles. The molecular weight excluding hydrogens is 171 g/mol. The first-order valence-electron chi connectivity index (χ1n) is 4.34. The van der Waals surface area contributed by atoms with Gasteiger partial charge in [0.25, 0.3) is 0 Å². The Hall–Kier alpha value is -1.25. The molecule has 1 aliphatic heterocycles. The van der Waals surface area contributed by atoms with Crippen LogP contribution in [0.1, 0.15) is 5.56 Å². The van der Waals surface area contributed by atoms with E-state index in [2.05, 4.69) is 0 Å². The zero-order valence-corrected chi connectivity index (χ0v) is 7.25. The fourth-order valence-electron chi connectivity index (χ4n) is 1.35. The molecule has 3 heteroatoms. The van der Waals surface area contributed by atoms with Crippen LogP contribution in [0.2, 0.25) is 0 Å². The number of hydrogen-bond donors (Lipinski definition) is 0. The minimum Gasteiger partial charge on any atom is -0.486 e. The molecule has 0 radical (unpaired) electrons. The summed E-state index contributed by atoms with van der Waals surface area (Å²) in [7, 11) is 0. The molecule has 13 heavy (non-hydrogen) atoms. The van der Waals surface area contributed by atoms with Gasteiger partial charge in [-0.2, -0.15) is 0 Å². The molecule has 0 N–H and O–H groups in total. The van der Waals surface area contributed by atoms with E-state index in [1.165, 1.54) is 0 Å². The molecule has 0 aromatic heterocycles. The van der Waals surface area contributed by atoms with Crippen molar-refractivity contribution < 1.29 is 13.9 Å². The fourth-order valence-corrected chi connectivity index (χ4v) is 1.35. The summed E-state index contributed by atoms with van der Waals surface area (Å²) in [6.07, 6.45) is 0.441. The Morgan fingerprint density at radius 3 is 2.69 bits per heavy atom. The lowest BCUT2D eigenvalue weighted by atomic mass is 10.1. The van der Waals surface area contributed by atoms with Crippen molar-refractivity contribution in [2.24, 2.45) is 0 Å². The van der Waals surface area contributed by atoms with E-state index in [4.69, 9.17) is 9.47 Å². The number of benzene rings is 1. The van der Waals surface area contributed by atoms with Crippen LogP contribution in [-0.4, -0.2) is 19.9 Å². The Morgan fingerprint density at radius 1 is 1.15 bits per heavy atom. The molecule has 0 amide bonds. The predicted molar refractivity (Wildman–Crippen MR) is 47.1 cm³/mol. The van der Waals surface area contributed by atoms with Crippen molar-refractivity contribution in [1.29, 1.82) is 0 Å². The van der Waals surface area contributed by atoms with Crippen molar-refractivity contribution in [3.63, 3.8) is 0 Å². The lowest BCUT2D eigenvalue weighted by Gasteiger charge is -2.18. The molecule has 0 aliphatic carbocycles. The van der Waals surface area contributed by atoms with Gasteiger partial charge in [-0.3, -0.25) is 4.39 Å². The summed E-state index contributed by atoms with van der Waals surface area (Å²) in [5.41, 5.74) is 0.951. The third-order valence-electron chi connectivity index (χ3n) is 1.99. The van der Waals surface area contributed by atoms with Gasteiger partial charge < -0.3 is 9.47 Å². The minimum atomic E-state index is -0.334. The highest BCUT2D eigenvalue weighted by Gasteiger charge is 2.10. The normalized spacial score (nSPS) is 14.2. The molecule has 0 saturated carbocycles. The average Bonchev–Trinajstić information content (AvgIpc) is 2.18. The monoisotopic (exact) mass is 182 g/mol. The second-order valence-corrected chi connectivity index (χ2v) is 2.92. The van der Waals surface area contributed by atoms with E-state index in [9.17, 15) is 4.39 Å². The molecule has 0 fully saturated rings. The highest BCUT2D eigenvalue weighted by molar-refractivity contribution is 5.43. The van der Waals surface area contributed by atoms with Crippen molar-refractivity contribution in [3.05, 3.63) is 23.8 Å². The highest BCUT2D eigenvalue weighted by Crippen LogP contribution is 2.30. The van der Waals surface area contributed by atoms with E-state index in [0.29, 0.717) is 19.6 Å². The lowest BCUT2D eigenvalue weighted by Crippen LogP contribution is -2.15. The van der Waals surface area contributed by atoms with Crippen molar-refractivity contribution in [1.82, 2.24) is 0 Å². The van der Waals surface area contributed by atoms with Crippen molar-refractivity contribution >= 4 is 0 Å². The first-order valence-corrected chi connectivity index (χ1v) is 4.34. The number of ether oxygens (including phenoxy) is 2. The third-order valence-corrected chi connectivity index (χ3v) is 1.99. The Kier molecular flexibility index (Phi) is 2.34. The van der Waals surface area contributed by atoms with Crippen LogP contribution < -0.4 is 9.47 Å². The number of alkyl halides is 1. The molecule has 70 valence electrons. The number of fused-ring (bicyclic) bond motifs is 1. The van der Waals surface area contributed by atoms with Crippen LogP contribution in [0.5, 0.6) is 11.5 Å². The maximum Gasteiger partial charge on any atom is 0.161 e. The quantitative estimate of drug-likeness (QED) is 0.696. The first kappa shape index (κ1) is 8.35. The first-order chi connectivity index (χ1) is 6.40. The summed E-state index contributed by atoms with van der Waals surface area (Å²) in [5.74, 6) is 1.49. The molecule has 0 bridgehead atoms. The molecule has 1 heterocycles. The average molecular weight is 182 g/mol. The van der Waals surface area contributed by atoms with E-state index >= 15 is 0 Å². The smallest absolute Gasteiger partial charge is 0.161 e. The maximum absolute atomic E-state index is 12.0. The summed E-state index contributed by atoms with van der Waals surface area (Å²) >= 11 is 0. The van der Waals surface area contributed by atoms with Gasteiger partial charge in [0.05, 0.1) is 6.67 Å². The largest absolute Gasteiger partial charge is 0.486 e. The SMILES string of the molecule is FCCc1ccc2c(c1)OCCO2. The molecule has 1 aromatic rings. The molecule has 0 atom stereocenters. The Labute approximate surface area is 76.3 Å². The van der Waals surface area contributed by atoms with E-state index in [1.54, 1.807) is 0 Å². The van der Waals surface area contributed by atoms with Crippen LogP contribution in [0.25, 0.3) is 0 Å². The van der Waals surface area contributed by atoms with E-state index < -0.39 is 0 Å². The van der Waals surface area contributed by atoms with Gasteiger partial charge in [-0.1, -0.05) is 6.07 Å². The summed E-state index contributed by atoms with van der Waals surface area (Å²) in [6.45, 7) is 0.835. The summed E-state index contributed by atoms with van der Waals surface area (Å²) in [4.78, 5) is 0. The fraction of sp³-hybridized carbons (Fsp3) is 0.400. The van der Waals surface area contributed by atoms with Crippen LogP contribution in [-0.2, 0) is 6.42 Å². The van der Waals surface area contributed by atoms with E-state index in [-0.39, 0.29) is 6.67 Å². The van der Waals surface area contributed by atoms with Gasteiger partial charge in [-0.05, 0) is 17.7 Å². The Morgan fingerprint density at radius 2 is 1.92 bits per heavy atom. The predicted octanol–water partition coefficient (Wildman–Crippen LogP) is 1.97. The van der Waals surface area contributed by atoms with E-state index in [0.717, 1.165) is 17.1 Å². The molecule has 1 aromatic carbocycles. The summed E-state index contributed by atoms with van der Waals surface area (Å²) < 4.78 is 22.7. The van der Waals surface area contributed by atoms with Crippen LogP contribution >= 0.6 is 0 Å². The minimum absolute atomic E-state index is 0.334. The molecule has 2 nitrogen and oxygen atoms in total. The summed E-state index contributed by atoms with van der Waals surface area (Å²) in [5, 5.41) is 0. The van der Waals surface area contributed by atoms with Gasteiger partial charge in [0.1, 0.15) is 13.2 Å².